The van der Waals surface area contributed by atoms with Crippen molar-refractivity contribution in [3.8, 4) is 0 Å². The van der Waals surface area contributed by atoms with Crippen LogP contribution in [0.4, 0.5) is 5.69 Å². The first-order valence-corrected chi connectivity index (χ1v) is 5.32. The standard InChI is InChI=1S/C12H21N3/c1-8-4-5-12(10(3)9(8)2)15-7-11(14)6-13/h4-5,11,15H,6-7,13-14H2,1-3H3. The van der Waals surface area contributed by atoms with Crippen LogP contribution in [0.1, 0.15) is 16.7 Å². The Bertz CT molecular complexity index is 334. The first-order valence-electron chi connectivity index (χ1n) is 5.32. The molecule has 3 heteroatoms. The lowest BCUT2D eigenvalue weighted by molar-refractivity contribution is 0.713. The predicted octanol–water partition coefficient (Wildman–Crippen LogP) is 1.31. The lowest BCUT2D eigenvalue weighted by Crippen LogP contribution is -2.36. The van der Waals surface area contributed by atoms with Crippen LogP contribution in [0.25, 0.3) is 0 Å². The van der Waals surface area contributed by atoms with Crippen molar-refractivity contribution < 1.29 is 0 Å². The van der Waals surface area contributed by atoms with Crippen LogP contribution in [-0.4, -0.2) is 19.1 Å². The van der Waals surface area contributed by atoms with Gasteiger partial charge in [0, 0.05) is 24.8 Å². The Labute approximate surface area is 91.9 Å². The van der Waals surface area contributed by atoms with E-state index >= 15 is 0 Å². The van der Waals surface area contributed by atoms with Crippen LogP contribution in [0.3, 0.4) is 0 Å². The number of hydrogen-bond donors (Lipinski definition) is 3. The number of nitrogens with one attached hydrogen (secondary N) is 1. The van der Waals surface area contributed by atoms with Gasteiger partial charge in [-0.25, -0.2) is 0 Å². The second-order valence-corrected chi connectivity index (χ2v) is 4.06. The van der Waals surface area contributed by atoms with Crippen molar-refractivity contribution in [1.82, 2.24) is 0 Å². The molecule has 0 bridgehead atoms. The van der Waals surface area contributed by atoms with Crippen LogP contribution in [0.2, 0.25) is 0 Å². The largest absolute Gasteiger partial charge is 0.383 e. The van der Waals surface area contributed by atoms with E-state index in [1.165, 1.54) is 16.7 Å². The zero-order valence-electron chi connectivity index (χ0n) is 9.80. The van der Waals surface area contributed by atoms with Crippen molar-refractivity contribution in [3.05, 3.63) is 28.8 Å². The van der Waals surface area contributed by atoms with E-state index in [1.54, 1.807) is 0 Å². The molecule has 0 aromatic heterocycles. The zero-order valence-corrected chi connectivity index (χ0v) is 9.80. The van der Waals surface area contributed by atoms with E-state index in [4.69, 9.17) is 11.5 Å². The third-order valence-corrected chi connectivity index (χ3v) is 2.92. The van der Waals surface area contributed by atoms with Gasteiger partial charge in [0.25, 0.3) is 0 Å². The van der Waals surface area contributed by atoms with Gasteiger partial charge in [0.2, 0.25) is 0 Å². The molecule has 1 unspecified atom stereocenters. The number of benzene rings is 1. The van der Waals surface area contributed by atoms with E-state index in [2.05, 4.69) is 38.2 Å². The van der Waals surface area contributed by atoms with Gasteiger partial charge in [0.1, 0.15) is 0 Å². The van der Waals surface area contributed by atoms with E-state index in [1.807, 2.05) is 0 Å². The third-order valence-electron chi connectivity index (χ3n) is 2.92. The minimum Gasteiger partial charge on any atom is -0.383 e. The second-order valence-electron chi connectivity index (χ2n) is 4.06. The smallest absolute Gasteiger partial charge is 0.0373 e. The predicted molar refractivity (Wildman–Crippen MR) is 66.2 cm³/mol. The van der Waals surface area contributed by atoms with Crippen LogP contribution in [0.15, 0.2) is 12.1 Å². The van der Waals surface area contributed by atoms with E-state index in [0.717, 1.165) is 12.2 Å². The van der Waals surface area contributed by atoms with Gasteiger partial charge in [0.05, 0.1) is 0 Å². The lowest BCUT2D eigenvalue weighted by atomic mass is 10.0. The Morgan fingerprint density at radius 3 is 2.47 bits per heavy atom. The van der Waals surface area contributed by atoms with Crippen molar-refractivity contribution in [1.29, 1.82) is 0 Å². The number of aryl methyl sites for hydroxylation is 1. The zero-order chi connectivity index (χ0) is 11.4. The molecule has 0 saturated carbocycles. The summed E-state index contributed by atoms with van der Waals surface area (Å²) in [6.07, 6.45) is 0. The molecule has 0 heterocycles. The molecule has 0 saturated heterocycles. The molecule has 0 aliphatic heterocycles. The SMILES string of the molecule is Cc1ccc(NCC(N)CN)c(C)c1C. The maximum atomic E-state index is 5.75. The van der Waals surface area contributed by atoms with E-state index in [9.17, 15) is 0 Å². The first kappa shape index (κ1) is 12.0. The van der Waals surface area contributed by atoms with Gasteiger partial charge >= 0.3 is 0 Å². The second kappa shape index (κ2) is 5.14. The van der Waals surface area contributed by atoms with Crippen LogP contribution < -0.4 is 16.8 Å². The van der Waals surface area contributed by atoms with Gasteiger partial charge in [-0.05, 0) is 43.5 Å². The summed E-state index contributed by atoms with van der Waals surface area (Å²) in [5.74, 6) is 0. The fourth-order valence-electron chi connectivity index (χ4n) is 1.47. The van der Waals surface area contributed by atoms with Crippen molar-refractivity contribution in [2.24, 2.45) is 11.5 Å². The molecule has 0 spiro atoms. The normalized spacial score (nSPS) is 12.6. The maximum Gasteiger partial charge on any atom is 0.0373 e. The lowest BCUT2D eigenvalue weighted by Gasteiger charge is -2.15. The highest BCUT2D eigenvalue weighted by Crippen LogP contribution is 2.21. The topological polar surface area (TPSA) is 64.1 Å². The van der Waals surface area contributed by atoms with E-state index < -0.39 is 0 Å². The summed E-state index contributed by atoms with van der Waals surface area (Å²) >= 11 is 0. The molecule has 5 N–H and O–H groups in total. The van der Waals surface area contributed by atoms with Crippen LogP contribution in [0, 0.1) is 20.8 Å². The molecule has 1 rings (SSSR count). The van der Waals surface area contributed by atoms with Crippen molar-refractivity contribution >= 4 is 5.69 Å². The van der Waals surface area contributed by atoms with Crippen LogP contribution in [-0.2, 0) is 0 Å². The molecule has 1 aromatic rings. The van der Waals surface area contributed by atoms with E-state index in [-0.39, 0.29) is 6.04 Å². The van der Waals surface area contributed by atoms with Crippen molar-refractivity contribution in [2.45, 2.75) is 26.8 Å². The molecule has 84 valence electrons. The quantitative estimate of drug-likeness (QED) is 0.697. The summed E-state index contributed by atoms with van der Waals surface area (Å²) in [7, 11) is 0. The molecule has 0 radical (unpaired) electrons. The number of anilines is 1. The average molecular weight is 207 g/mol. The summed E-state index contributed by atoms with van der Waals surface area (Å²) in [5, 5.41) is 3.33. The van der Waals surface area contributed by atoms with Crippen LogP contribution in [0.5, 0.6) is 0 Å². The maximum absolute atomic E-state index is 5.75. The summed E-state index contributed by atoms with van der Waals surface area (Å²) < 4.78 is 0. The number of nitrogens with two attached hydrogens (primary N) is 2. The Balaban J connectivity index is 2.74. The minimum absolute atomic E-state index is 0.0195. The van der Waals surface area contributed by atoms with Crippen LogP contribution >= 0.6 is 0 Å². The van der Waals surface area contributed by atoms with Gasteiger partial charge in [-0.2, -0.15) is 0 Å². The van der Waals surface area contributed by atoms with Gasteiger partial charge in [-0.15, -0.1) is 0 Å². The molecular formula is C12H21N3. The fourth-order valence-corrected chi connectivity index (χ4v) is 1.47. The highest BCUT2D eigenvalue weighted by Gasteiger charge is 2.04. The molecule has 0 fully saturated rings. The summed E-state index contributed by atoms with van der Waals surface area (Å²) in [4.78, 5) is 0. The Kier molecular flexibility index (Phi) is 4.12. The van der Waals surface area contributed by atoms with Crippen molar-refractivity contribution in [2.75, 3.05) is 18.4 Å². The Morgan fingerprint density at radius 1 is 1.20 bits per heavy atom. The molecule has 0 aliphatic rings. The van der Waals surface area contributed by atoms with E-state index in [0.29, 0.717) is 6.54 Å². The van der Waals surface area contributed by atoms with Gasteiger partial charge < -0.3 is 16.8 Å². The molecule has 0 amide bonds. The molecule has 1 atom stereocenters. The number of rotatable bonds is 4. The van der Waals surface area contributed by atoms with Gasteiger partial charge in [-0.3, -0.25) is 0 Å². The summed E-state index contributed by atoms with van der Waals surface area (Å²) in [6, 6.07) is 4.24. The highest BCUT2D eigenvalue weighted by molar-refractivity contribution is 5.56. The minimum atomic E-state index is 0.0195. The first-order chi connectivity index (χ1) is 7.06. The monoisotopic (exact) mass is 207 g/mol. The fraction of sp³-hybridized carbons (Fsp3) is 0.500. The molecule has 3 nitrogen and oxygen atoms in total. The summed E-state index contributed by atoms with van der Waals surface area (Å²) in [5.41, 5.74) is 16.3. The Hall–Kier alpha value is -1.06. The highest BCUT2D eigenvalue weighted by atomic mass is 14.9. The Morgan fingerprint density at radius 2 is 1.87 bits per heavy atom. The molecule has 0 aliphatic carbocycles. The third kappa shape index (κ3) is 2.94. The van der Waals surface area contributed by atoms with Gasteiger partial charge in [0.15, 0.2) is 0 Å². The molecule has 15 heavy (non-hydrogen) atoms. The van der Waals surface area contributed by atoms with Crippen molar-refractivity contribution in [3.63, 3.8) is 0 Å². The summed E-state index contributed by atoms with van der Waals surface area (Å²) in [6.45, 7) is 7.62. The molecular weight excluding hydrogens is 186 g/mol. The number of hydrogen-bond acceptors (Lipinski definition) is 3. The van der Waals surface area contributed by atoms with Gasteiger partial charge in [-0.1, -0.05) is 6.07 Å². The average Bonchev–Trinajstić information content (AvgIpc) is 2.24. The molecule has 1 aromatic carbocycles.